The van der Waals surface area contributed by atoms with Gasteiger partial charge < -0.3 is 9.30 Å². The average Bonchev–Trinajstić information content (AvgIpc) is 3.27. The van der Waals surface area contributed by atoms with Crippen LogP contribution in [0.1, 0.15) is 33.0 Å². The molecule has 0 aliphatic carbocycles. The molecule has 0 amide bonds. The second-order valence-corrected chi connectivity index (χ2v) is 8.31. The van der Waals surface area contributed by atoms with Gasteiger partial charge >= 0.3 is 5.97 Å². The fraction of sp³-hybridized carbons (Fsp3) is 0.179. The first-order valence-corrected chi connectivity index (χ1v) is 11.3. The third-order valence-corrected chi connectivity index (χ3v) is 6.04. The maximum atomic E-state index is 13.5. The van der Waals surface area contributed by atoms with E-state index in [9.17, 15) is 14.4 Å². The van der Waals surface area contributed by atoms with E-state index in [1.807, 2.05) is 81.6 Å². The van der Waals surface area contributed by atoms with Crippen LogP contribution in [-0.4, -0.2) is 32.3 Å². The van der Waals surface area contributed by atoms with Crippen molar-refractivity contribution in [2.24, 2.45) is 7.05 Å². The highest BCUT2D eigenvalue weighted by Crippen LogP contribution is 2.23. The van der Waals surface area contributed by atoms with Gasteiger partial charge in [-0.15, -0.1) is 0 Å². The molecule has 4 aromatic rings. The topological polar surface area (TPSA) is 75.2 Å². The fourth-order valence-electron chi connectivity index (χ4n) is 4.19. The summed E-state index contributed by atoms with van der Waals surface area (Å²) < 4.78 is 10.4. The van der Waals surface area contributed by atoms with Crippen molar-refractivity contribution < 1.29 is 14.3 Å². The van der Waals surface area contributed by atoms with Gasteiger partial charge in [-0.1, -0.05) is 48.5 Å². The van der Waals surface area contributed by atoms with Crippen molar-refractivity contribution in [1.29, 1.82) is 0 Å². The Bertz CT molecular complexity index is 1470. The largest absolute Gasteiger partial charge is 0.454 e. The number of aromatic nitrogens is 3. The molecule has 0 radical (unpaired) electrons. The number of ether oxygens (including phenoxy) is 1. The van der Waals surface area contributed by atoms with Crippen molar-refractivity contribution in [1.82, 2.24) is 13.9 Å². The lowest BCUT2D eigenvalue weighted by molar-refractivity contribution is -0.136. The summed E-state index contributed by atoms with van der Waals surface area (Å²) in [5.41, 5.74) is 4.44. The minimum atomic E-state index is -0.597. The second-order valence-electron chi connectivity index (χ2n) is 8.31. The summed E-state index contributed by atoms with van der Waals surface area (Å²) >= 11 is 0. The van der Waals surface area contributed by atoms with Crippen LogP contribution in [0.25, 0.3) is 17.5 Å². The molecular formula is C28H27N3O4. The predicted octanol–water partition coefficient (Wildman–Crippen LogP) is 4.33. The Balaban J connectivity index is 1.58. The molecule has 0 saturated heterocycles. The second kappa shape index (κ2) is 9.85. The summed E-state index contributed by atoms with van der Waals surface area (Å²) in [5, 5.41) is 0. The van der Waals surface area contributed by atoms with Crippen molar-refractivity contribution in [3.63, 3.8) is 0 Å². The van der Waals surface area contributed by atoms with E-state index in [0.29, 0.717) is 16.9 Å². The highest BCUT2D eigenvalue weighted by Gasteiger charge is 2.24. The molecular weight excluding hydrogens is 442 g/mol. The zero-order chi connectivity index (χ0) is 25.1. The summed E-state index contributed by atoms with van der Waals surface area (Å²) in [6.07, 6.45) is 2.93. The van der Waals surface area contributed by atoms with Crippen LogP contribution in [0.4, 0.5) is 0 Å². The normalized spacial score (nSPS) is 11.2. The zero-order valence-corrected chi connectivity index (χ0v) is 20.2. The number of aryl methyl sites for hydroxylation is 1. The number of esters is 1. The third kappa shape index (κ3) is 4.66. The van der Waals surface area contributed by atoms with Gasteiger partial charge in [0.25, 0.3) is 5.56 Å². The maximum absolute atomic E-state index is 13.5. The Kier molecular flexibility index (Phi) is 6.68. The summed E-state index contributed by atoms with van der Waals surface area (Å²) in [5.74, 6) is -0.927. The first-order valence-electron chi connectivity index (χ1n) is 11.3. The van der Waals surface area contributed by atoms with E-state index in [0.717, 1.165) is 22.6 Å². The van der Waals surface area contributed by atoms with Crippen molar-refractivity contribution in [2.75, 3.05) is 6.61 Å². The molecule has 0 unspecified atom stereocenters. The summed E-state index contributed by atoms with van der Waals surface area (Å²) in [6, 6.07) is 20.5. The number of para-hydroxylation sites is 1. The lowest BCUT2D eigenvalue weighted by atomic mass is 10.1. The SMILES string of the molecule is Cc1cc(C(=O)COC(=O)/C=C/c2ccccc2)c(C)n1-c1c(C)n(C)n(-c2ccccc2)c1=O. The van der Waals surface area contributed by atoms with Crippen LogP contribution in [0.5, 0.6) is 0 Å². The Morgan fingerprint density at radius 1 is 0.914 bits per heavy atom. The summed E-state index contributed by atoms with van der Waals surface area (Å²) in [6.45, 7) is 5.12. The average molecular weight is 470 g/mol. The monoisotopic (exact) mass is 469 g/mol. The van der Waals surface area contributed by atoms with Crippen LogP contribution in [0.2, 0.25) is 0 Å². The number of carbonyl (C=O) groups is 2. The van der Waals surface area contributed by atoms with Crippen molar-refractivity contribution in [3.05, 3.63) is 111 Å². The minimum absolute atomic E-state index is 0.186. The lowest BCUT2D eigenvalue weighted by Gasteiger charge is -2.08. The molecule has 0 atom stereocenters. The molecule has 2 heterocycles. The number of ketones is 1. The van der Waals surface area contributed by atoms with Crippen LogP contribution in [0.3, 0.4) is 0 Å². The number of rotatable bonds is 7. The molecule has 7 heteroatoms. The van der Waals surface area contributed by atoms with E-state index >= 15 is 0 Å². The summed E-state index contributed by atoms with van der Waals surface area (Å²) in [4.78, 5) is 38.4. The quantitative estimate of drug-likeness (QED) is 0.229. The molecule has 7 nitrogen and oxygen atoms in total. The molecule has 0 spiro atoms. The van der Waals surface area contributed by atoms with Crippen LogP contribution in [0.15, 0.2) is 77.6 Å². The number of nitrogens with zero attached hydrogens (tertiary/aromatic N) is 3. The van der Waals surface area contributed by atoms with Crippen LogP contribution in [0, 0.1) is 20.8 Å². The summed E-state index contributed by atoms with van der Waals surface area (Å²) in [7, 11) is 1.83. The Morgan fingerprint density at radius 2 is 1.54 bits per heavy atom. The molecule has 0 aliphatic rings. The Labute approximate surface area is 203 Å². The van der Waals surface area contributed by atoms with Gasteiger partial charge in [0.05, 0.1) is 11.4 Å². The highest BCUT2D eigenvalue weighted by molar-refractivity contribution is 6.00. The number of benzene rings is 2. The van der Waals surface area contributed by atoms with Gasteiger partial charge in [0.1, 0.15) is 5.69 Å². The number of Topliss-reactive ketones (excluding diaryl/α,β-unsaturated/α-hetero) is 1. The molecule has 4 rings (SSSR count). The minimum Gasteiger partial charge on any atom is -0.454 e. The van der Waals surface area contributed by atoms with Crippen molar-refractivity contribution >= 4 is 17.8 Å². The number of carbonyl (C=O) groups excluding carboxylic acids is 2. The maximum Gasteiger partial charge on any atom is 0.331 e. The Morgan fingerprint density at radius 3 is 2.20 bits per heavy atom. The van der Waals surface area contributed by atoms with Crippen LogP contribution >= 0.6 is 0 Å². The predicted molar refractivity (Wildman–Crippen MR) is 135 cm³/mol. The van der Waals surface area contributed by atoms with Gasteiger partial charge in [0, 0.05) is 30.1 Å². The van der Waals surface area contributed by atoms with Crippen LogP contribution < -0.4 is 5.56 Å². The van der Waals surface area contributed by atoms with Gasteiger partial charge in [0.2, 0.25) is 5.78 Å². The van der Waals surface area contributed by atoms with E-state index < -0.39 is 5.97 Å². The molecule has 0 bridgehead atoms. The fourth-order valence-corrected chi connectivity index (χ4v) is 4.19. The van der Waals surface area contributed by atoms with Crippen LogP contribution in [-0.2, 0) is 16.6 Å². The van der Waals surface area contributed by atoms with Gasteiger partial charge in [-0.3, -0.25) is 14.3 Å². The van der Waals surface area contributed by atoms with Gasteiger partial charge in [-0.2, -0.15) is 0 Å². The molecule has 35 heavy (non-hydrogen) atoms. The van der Waals surface area contributed by atoms with E-state index in [4.69, 9.17) is 4.74 Å². The third-order valence-electron chi connectivity index (χ3n) is 6.04. The Hall–Kier alpha value is -4.39. The number of hydrogen-bond acceptors (Lipinski definition) is 4. The lowest BCUT2D eigenvalue weighted by Crippen LogP contribution is -2.22. The first-order chi connectivity index (χ1) is 16.8. The van der Waals surface area contributed by atoms with Crippen molar-refractivity contribution in [2.45, 2.75) is 20.8 Å². The molecule has 2 aromatic carbocycles. The molecule has 0 saturated carbocycles. The molecule has 0 fully saturated rings. The molecule has 178 valence electrons. The van der Waals surface area contributed by atoms with E-state index in [-0.39, 0.29) is 17.9 Å². The first kappa shape index (κ1) is 23.8. The van der Waals surface area contributed by atoms with Crippen molar-refractivity contribution in [3.8, 4) is 11.4 Å². The standard InChI is InChI=1S/C28H27N3O4/c1-19-17-24(25(32)18-35-26(33)16-15-22-11-7-5-8-12-22)20(2)30(19)27-21(3)29(4)31(28(27)34)23-13-9-6-10-14-23/h5-17H,18H2,1-4H3/b16-15+. The molecule has 0 N–H and O–H groups in total. The molecule has 0 aliphatic heterocycles. The van der Waals surface area contributed by atoms with Gasteiger partial charge in [-0.25, -0.2) is 9.48 Å². The smallest absolute Gasteiger partial charge is 0.331 e. The zero-order valence-electron chi connectivity index (χ0n) is 20.2. The van der Waals surface area contributed by atoms with E-state index in [1.165, 1.54) is 6.08 Å². The van der Waals surface area contributed by atoms with E-state index in [1.54, 1.807) is 33.0 Å². The number of hydrogen-bond donors (Lipinski definition) is 0. The van der Waals surface area contributed by atoms with E-state index in [2.05, 4.69) is 0 Å². The highest BCUT2D eigenvalue weighted by atomic mass is 16.5. The molecule has 2 aromatic heterocycles. The van der Waals surface area contributed by atoms with Gasteiger partial charge in [0.15, 0.2) is 6.61 Å². The van der Waals surface area contributed by atoms with Gasteiger partial charge in [-0.05, 0) is 50.6 Å².